The molecular formula is C18H28. The van der Waals surface area contributed by atoms with Crippen LogP contribution in [0.15, 0.2) is 61.3 Å². The summed E-state index contributed by atoms with van der Waals surface area (Å²) in [5.41, 5.74) is 0. The topological polar surface area (TPSA) is 0 Å². The van der Waals surface area contributed by atoms with Crippen LogP contribution in [0.1, 0.15) is 51.9 Å². The van der Waals surface area contributed by atoms with Gasteiger partial charge in [-0.2, -0.15) is 0 Å². The maximum Gasteiger partial charge on any atom is -0.0348 e. The lowest BCUT2D eigenvalue weighted by Crippen LogP contribution is -1.77. The lowest BCUT2D eigenvalue weighted by Gasteiger charge is -1.97. The summed E-state index contributed by atoms with van der Waals surface area (Å²) in [5, 5.41) is 0. The maximum atomic E-state index is 3.61. The van der Waals surface area contributed by atoms with Gasteiger partial charge in [-0.25, -0.2) is 0 Å². The smallest absolute Gasteiger partial charge is 0.0348 e. The zero-order chi connectivity index (χ0) is 13.3. The molecule has 0 heterocycles. The van der Waals surface area contributed by atoms with Gasteiger partial charge in [-0.3, -0.25) is 0 Å². The van der Waals surface area contributed by atoms with Crippen LogP contribution in [0, 0.1) is 0 Å². The van der Waals surface area contributed by atoms with Crippen molar-refractivity contribution in [1.29, 1.82) is 0 Å². The molecule has 0 bridgehead atoms. The van der Waals surface area contributed by atoms with Gasteiger partial charge >= 0.3 is 0 Å². The third-order valence-electron chi connectivity index (χ3n) is 2.66. The fourth-order valence-corrected chi connectivity index (χ4v) is 1.62. The lowest BCUT2D eigenvalue weighted by molar-refractivity contribution is 0.611. The number of allylic oxidation sites excluding steroid dienone is 9. The van der Waals surface area contributed by atoms with Gasteiger partial charge in [0.1, 0.15) is 0 Å². The molecule has 0 aliphatic carbocycles. The van der Waals surface area contributed by atoms with Crippen LogP contribution in [0.2, 0.25) is 0 Å². The molecule has 0 aromatic rings. The van der Waals surface area contributed by atoms with Crippen molar-refractivity contribution in [3.8, 4) is 0 Å². The van der Waals surface area contributed by atoms with Crippen molar-refractivity contribution in [3.05, 3.63) is 61.3 Å². The predicted octanol–water partition coefficient (Wildman–Crippen LogP) is 6.15. The summed E-state index contributed by atoms with van der Waals surface area (Å²) in [6.07, 6.45) is 27.6. The van der Waals surface area contributed by atoms with Crippen molar-refractivity contribution in [2.75, 3.05) is 0 Å². The third kappa shape index (κ3) is 14.7. The molecule has 0 aliphatic rings. The molecule has 0 atom stereocenters. The second-order valence-corrected chi connectivity index (χ2v) is 4.37. The summed E-state index contributed by atoms with van der Waals surface area (Å²) in [4.78, 5) is 0. The van der Waals surface area contributed by atoms with Crippen molar-refractivity contribution in [2.24, 2.45) is 0 Å². The molecule has 0 fully saturated rings. The Morgan fingerprint density at radius 1 is 0.667 bits per heavy atom. The zero-order valence-electron chi connectivity index (χ0n) is 11.9. The maximum absolute atomic E-state index is 3.61. The van der Waals surface area contributed by atoms with Crippen LogP contribution in [-0.4, -0.2) is 0 Å². The first-order chi connectivity index (χ1) is 8.91. The molecule has 0 saturated carbocycles. The van der Waals surface area contributed by atoms with E-state index in [1.165, 1.54) is 44.9 Å². The minimum Gasteiger partial charge on any atom is -0.0991 e. The van der Waals surface area contributed by atoms with Gasteiger partial charge in [0.05, 0.1) is 0 Å². The van der Waals surface area contributed by atoms with Crippen LogP contribution in [0.5, 0.6) is 0 Å². The Hall–Kier alpha value is -1.30. The number of hydrogen-bond donors (Lipinski definition) is 0. The summed E-state index contributed by atoms with van der Waals surface area (Å²) in [6.45, 7) is 5.87. The van der Waals surface area contributed by atoms with E-state index in [1.807, 2.05) is 30.4 Å². The van der Waals surface area contributed by atoms with Gasteiger partial charge in [0.25, 0.3) is 0 Å². The van der Waals surface area contributed by atoms with E-state index < -0.39 is 0 Å². The molecule has 0 amide bonds. The van der Waals surface area contributed by atoms with E-state index in [-0.39, 0.29) is 0 Å². The van der Waals surface area contributed by atoms with Crippen molar-refractivity contribution < 1.29 is 0 Å². The van der Waals surface area contributed by atoms with E-state index in [9.17, 15) is 0 Å². The van der Waals surface area contributed by atoms with Crippen molar-refractivity contribution >= 4 is 0 Å². The SMILES string of the molecule is C=CC=CC=CC=CC=CCCCCCCCC. The van der Waals surface area contributed by atoms with E-state index in [1.54, 1.807) is 6.08 Å². The number of unbranched alkanes of at least 4 members (excludes halogenated alkanes) is 6. The molecular weight excluding hydrogens is 216 g/mol. The van der Waals surface area contributed by atoms with E-state index in [2.05, 4.69) is 31.7 Å². The van der Waals surface area contributed by atoms with E-state index >= 15 is 0 Å². The Kier molecular flexibility index (Phi) is 14.6. The van der Waals surface area contributed by atoms with Crippen molar-refractivity contribution in [1.82, 2.24) is 0 Å². The first-order valence-corrected chi connectivity index (χ1v) is 7.19. The Morgan fingerprint density at radius 2 is 1.22 bits per heavy atom. The van der Waals surface area contributed by atoms with Crippen molar-refractivity contribution in [2.45, 2.75) is 51.9 Å². The monoisotopic (exact) mass is 244 g/mol. The Morgan fingerprint density at radius 3 is 1.89 bits per heavy atom. The highest BCUT2D eigenvalue weighted by molar-refractivity contribution is 5.17. The van der Waals surface area contributed by atoms with Crippen molar-refractivity contribution in [3.63, 3.8) is 0 Å². The van der Waals surface area contributed by atoms with Gasteiger partial charge in [-0.15, -0.1) is 0 Å². The second kappa shape index (κ2) is 15.7. The molecule has 0 heteroatoms. The third-order valence-corrected chi connectivity index (χ3v) is 2.66. The average molecular weight is 244 g/mol. The molecule has 0 saturated heterocycles. The summed E-state index contributed by atoms with van der Waals surface area (Å²) in [5.74, 6) is 0. The highest BCUT2D eigenvalue weighted by Gasteiger charge is 1.87. The van der Waals surface area contributed by atoms with Crippen LogP contribution in [0.3, 0.4) is 0 Å². The van der Waals surface area contributed by atoms with Gasteiger partial charge in [0.2, 0.25) is 0 Å². The zero-order valence-corrected chi connectivity index (χ0v) is 11.9. The highest BCUT2D eigenvalue weighted by Crippen LogP contribution is 2.07. The summed E-state index contributed by atoms with van der Waals surface area (Å²) >= 11 is 0. The molecule has 0 nitrogen and oxygen atoms in total. The molecule has 18 heavy (non-hydrogen) atoms. The summed E-state index contributed by atoms with van der Waals surface area (Å²) in [6, 6.07) is 0. The standard InChI is InChI=1S/C18H28/c1-3-5-7-9-11-13-15-17-18-16-14-12-10-8-6-4-2/h3,5,7,9,11,13,15,17-18H,1,4,6,8,10,12,14,16H2,2H3. The van der Waals surface area contributed by atoms with Gasteiger partial charge in [0, 0.05) is 0 Å². The van der Waals surface area contributed by atoms with Gasteiger partial charge in [-0.1, -0.05) is 100 Å². The molecule has 100 valence electrons. The summed E-state index contributed by atoms with van der Waals surface area (Å²) in [7, 11) is 0. The van der Waals surface area contributed by atoms with E-state index in [0.717, 1.165) is 0 Å². The Balaban J connectivity index is 3.37. The summed E-state index contributed by atoms with van der Waals surface area (Å²) < 4.78 is 0. The Bertz CT molecular complexity index is 276. The average Bonchev–Trinajstić information content (AvgIpc) is 2.39. The van der Waals surface area contributed by atoms with Gasteiger partial charge in [-0.05, 0) is 12.8 Å². The van der Waals surface area contributed by atoms with Crippen LogP contribution in [0.4, 0.5) is 0 Å². The molecule has 0 spiro atoms. The number of hydrogen-bond acceptors (Lipinski definition) is 0. The normalized spacial score (nSPS) is 12.5. The first-order valence-electron chi connectivity index (χ1n) is 7.19. The fourth-order valence-electron chi connectivity index (χ4n) is 1.62. The molecule has 0 aromatic heterocycles. The first kappa shape index (κ1) is 16.7. The molecule has 0 aliphatic heterocycles. The van der Waals surface area contributed by atoms with Crippen LogP contribution < -0.4 is 0 Å². The van der Waals surface area contributed by atoms with Gasteiger partial charge < -0.3 is 0 Å². The fraction of sp³-hybridized carbons (Fsp3) is 0.444. The molecule has 0 rings (SSSR count). The van der Waals surface area contributed by atoms with Crippen LogP contribution >= 0.6 is 0 Å². The van der Waals surface area contributed by atoms with Crippen LogP contribution in [-0.2, 0) is 0 Å². The minimum atomic E-state index is 1.20. The number of rotatable bonds is 11. The largest absolute Gasteiger partial charge is 0.0991 e. The minimum absolute atomic E-state index is 1.20. The molecule has 0 aromatic carbocycles. The predicted molar refractivity (Wildman–Crippen MR) is 84.8 cm³/mol. The quantitative estimate of drug-likeness (QED) is 0.302. The van der Waals surface area contributed by atoms with Crippen LogP contribution in [0.25, 0.3) is 0 Å². The molecule has 0 unspecified atom stereocenters. The Labute approximate surface area is 113 Å². The lowest BCUT2D eigenvalue weighted by atomic mass is 10.1. The van der Waals surface area contributed by atoms with E-state index in [0.29, 0.717) is 0 Å². The van der Waals surface area contributed by atoms with Gasteiger partial charge in [0.15, 0.2) is 0 Å². The molecule has 0 radical (unpaired) electrons. The molecule has 0 N–H and O–H groups in total. The second-order valence-electron chi connectivity index (χ2n) is 4.37. The van der Waals surface area contributed by atoms with E-state index in [4.69, 9.17) is 0 Å². The highest BCUT2D eigenvalue weighted by atomic mass is 13.9.